The van der Waals surface area contributed by atoms with Crippen LogP contribution in [0, 0.1) is 11.8 Å². The van der Waals surface area contributed by atoms with E-state index in [0.29, 0.717) is 0 Å². The first-order chi connectivity index (χ1) is 9.67. The Bertz CT molecular complexity index is 387. The van der Waals surface area contributed by atoms with Gasteiger partial charge >= 0.3 is 0 Å². The molecule has 3 heteroatoms. The van der Waals surface area contributed by atoms with Gasteiger partial charge in [0.25, 0.3) is 0 Å². The molecule has 2 nitrogen and oxygen atoms in total. The fraction of sp³-hybridized carbons (Fsp3) is 0.667. The minimum Gasteiger partial charge on any atom is -0.319 e. The van der Waals surface area contributed by atoms with E-state index in [4.69, 9.17) is 0 Å². The van der Waals surface area contributed by atoms with Crippen LogP contribution in [0.15, 0.2) is 24.3 Å². The van der Waals surface area contributed by atoms with Crippen LogP contribution < -0.4 is 5.32 Å². The minimum atomic E-state index is 0. The van der Waals surface area contributed by atoms with Crippen LogP contribution in [0.25, 0.3) is 0 Å². The van der Waals surface area contributed by atoms with Crippen molar-refractivity contribution >= 4 is 12.4 Å². The number of rotatable bonds is 6. The van der Waals surface area contributed by atoms with Crippen molar-refractivity contribution in [3.63, 3.8) is 0 Å². The summed E-state index contributed by atoms with van der Waals surface area (Å²) in [5, 5.41) is 3.32. The van der Waals surface area contributed by atoms with Gasteiger partial charge in [0, 0.05) is 13.1 Å². The Kier molecular flexibility index (Phi) is 8.31. The van der Waals surface area contributed by atoms with Crippen LogP contribution in [0.1, 0.15) is 37.8 Å². The summed E-state index contributed by atoms with van der Waals surface area (Å²) in [7, 11) is 2.06. The number of hydrogen-bond donors (Lipinski definition) is 1. The van der Waals surface area contributed by atoms with Crippen molar-refractivity contribution in [1.29, 1.82) is 0 Å². The third-order valence-corrected chi connectivity index (χ3v) is 4.17. The lowest BCUT2D eigenvalue weighted by Crippen LogP contribution is -2.38. The Labute approximate surface area is 136 Å². The maximum absolute atomic E-state index is 3.32. The van der Waals surface area contributed by atoms with Gasteiger partial charge in [-0.2, -0.15) is 0 Å². The summed E-state index contributed by atoms with van der Waals surface area (Å²) in [4.78, 5) is 2.61. The van der Waals surface area contributed by atoms with Gasteiger partial charge in [0.05, 0.1) is 0 Å². The number of nitrogens with zero attached hydrogens (tertiary/aromatic N) is 1. The number of likely N-dealkylation sites (tertiary alicyclic amines) is 1. The fourth-order valence-corrected chi connectivity index (χ4v) is 3.26. The fourth-order valence-electron chi connectivity index (χ4n) is 3.26. The Morgan fingerprint density at radius 3 is 2.48 bits per heavy atom. The molecule has 21 heavy (non-hydrogen) atoms. The summed E-state index contributed by atoms with van der Waals surface area (Å²) in [6.45, 7) is 9.33. The quantitative estimate of drug-likeness (QED) is 0.861. The molecule has 1 aromatic carbocycles. The second kappa shape index (κ2) is 9.45. The van der Waals surface area contributed by atoms with E-state index in [2.05, 4.69) is 55.4 Å². The lowest BCUT2D eigenvalue weighted by molar-refractivity contribution is 0.167. The minimum absolute atomic E-state index is 0. The molecule has 1 atom stereocenters. The first kappa shape index (κ1) is 18.5. The van der Waals surface area contributed by atoms with Crippen molar-refractivity contribution in [3.05, 3.63) is 35.4 Å². The average molecular weight is 311 g/mol. The van der Waals surface area contributed by atoms with E-state index in [9.17, 15) is 0 Å². The first-order valence-corrected chi connectivity index (χ1v) is 8.12. The zero-order valence-corrected chi connectivity index (χ0v) is 14.6. The van der Waals surface area contributed by atoms with Crippen LogP contribution in [-0.2, 0) is 13.0 Å². The van der Waals surface area contributed by atoms with Crippen LogP contribution in [0.5, 0.6) is 0 Å². The second-order valence-electron chi connectivity index (χ2n) is 6.72. The molecular weight excluding hydrogens is 280 g/mol. The highest BCUT2D eigenvalue weighted by atomic mass is 35.5. The maximum Gasteiger partial charge on any atom is 0.0233 e. The summed E-state index contributed by atoms with van der Waals surface area (Å²) in [5.74, 6) is 1.57. The van der Waals surface area contributed by atoms with E-state index in [0.717, 1.165) is 24.9 Å². The van der Waals surface area contributed by atoms with Gasteiger partial charge in [0.1, 0.15) is 0 Å². The standard InChI is InChI=1S/C18H30N2.ClH/c1-15(2)11-16-6-8-17(9-7-16)13-20-10-4-5-18(14-20)12-19-3;/h6-9,15,18-19H,4-5,10-14H2,1-3H3;1H. The van der Waals surface area contributed by atoms with Gasteiger partial charge in [-0.05, 0) is 62.4 Å². The number of halogens is 1. The lowest BCUT2D eigenvalue weighted by Gasteiger charge is -2.32. The highest BCUT2D eigenvalue weighted by Crippen LogP contribution is 2.18. The molecule has 1 heterocycles. The number of nitrogens with one attached hydrogen (secondary N) is 1. The van der Waals surface area contributed by atoms with Crippen molar-refractivity contribution in [2.45, 2.75) is 39.7 Å². The molecule has 0 spiro atoms. The molecule has 1 fully saturated rings. The van der Waals surface area contributed by atoms with Crippen molar-refractivity contribution in [2.75, 3.05) is 26.7 Å². The normalized spacial score (nSPS) is 19.5. The van der Waals surface area contributed by atoms with Crippen molar-refractivity contribution in [2.24, 2.45) is 11.8 Å². The molecule has 0 aromatic heterocycles. The molecule has 0 amide bonds. The highest BCUT2D eigenvalue weighted by Gasteiger charge is 2.19. The molecule has 1 saturated heterocycles. The van der Waals surface area contributed by atoms with Crippen molar-refractivity contribution in [3.8, 4) is 0 Å². The van der Waals surface area contributed by atoms with E-state index < -0.39 is 0 Å². The summed E-state index contributed by atoms with van der Waals surface area (Å²) in [6.07, 6.45) is 3.91. The maximum atomic E-state index is 3.32. The van der Waals surface area contributed by atoms with Gasteiger partial charge in [-0.3, -0.25) is 4.90 Å². The SMILES string of the molecule is CNCC1CCCN(Cc2ccc(CC(C)C)cc2)C1.Cl. The summed E-state index contributed by atoms with van der Waals surface area (Å²) >= 11 is 0. The second-order valence-corrected chi connectivity index (χ2v) is 6.72. The molecular formula is C18H31ClN2. The molecule has 1 N–H and O–H groups in total. The highest BCUT2D eigenvalue weighted by molar-refractivity contribution is 5.85. The van der Waals surface area contributed by atoms with Crippen LogP contribution in [0.3, 0.4) is 0 Å². The van der Waals surface area contributed by atoms with Crippen molar-refractivity contribution in [1.82, 2.24) is 10.2 Å². The number of benzene rings is 1. The number of hydrogen-bond acceptors (Lipinski definition) is 2. The van der Waals surface area contributed by atoms with Crippen molar-refractivity contribution < 1.29 is 0 Å². The molecule has 0 radical (unpaired) electrons. The van der Waals surface area contributed by atoms with Gasteiger partial charge < -0.3 is 5.32 Å². The van der Waals surface area contributed by atoms with E-state index in [1.807, 2.05) is 0 Å². The third kappa shape index (κ3) is 6.37. The lowest BCUT2D eigenvalue weighted by atomic mass is 9.97. The summed E-state index contributed by atoms with van der Waals surface area (Å²) in [6, 6.07) is 9.26. The predicted octanol–water partition coefficient (Wildman–Crippen LogP) is 3.74. The zero-order valence-electron chi connectivity index (χ0n) is 13.8. The molecule has 120 valence electrons. The van der Waals surface area contributed by atoms with Gasteiger partial charge in [0.15, 0.2) is 0 Å². The first-order valence-electron chi connectivity index (χ1n) is 8.12. The van der Waals surface area contributed by atoms with Gasteiger partial charge in [-0.15, -0.1) is 12.4 Å². The molecule has 1 aliphatic rings. The van der Waals surface area contributed by atoms with E-state index in [-0.39, 0.29) is 12.4 Å². The molecule has 1 aliphatic heterocycles. The van der Waals surface area contributed by atoms with Crippen LogP contribution in [0.4, 0.5) is 0 Å². The summed E-state index contributed by atoms with van der Waals surface area (Å²) < 4.78 is 0. The zero-order chi connectivity index (χ0) is 14.4. The Morgan fingerprint density at radius 2 is 1.86 bits per heavy atom. The Hall–Kier alpha value is -0.570. The molecule has 1 aromatic rings. The summed E-state index contributed by atoms with van der Waals surface area (Å²) in [5.41, 5.74) is 2.93. The predicted molar refractivity (Wildman–Crippen MR) is 94.2 cm³/mol. The molecule has 0 saturated carbocycles. The van der Waals surface area contributed by atoms with Crippen LogP contribution in [-0.4, -0.2) is 31.6 Å². The van der Waals surface area contributed by atoms with Gasteiger partial charge in [-0.25, -0.2) is 0 Å². The monoisotopic (exact) mass is 310 g/mol. The Balaban J connectivity index is 0.00000220. The smallest absolute Gasteiger partial charge is 0.0233 e. The van der Waals surface area contributed by atoms with E-state index >= 15 is 0 Å². The van der Waals surface area contributed by atoms with Crippen LogP contribution >= 0.6 is 12.4 Å². The number of piperidine rings is 1. The Morgan fingerprint density at radius 1 is 1.19 bits per heavy atom. The molecule has 1 unspecified atom stereocenters. The molecule has 0 aliphatic carbocycles. The average Bonchev–Trinajstić information content (AvgIpc) is 2.41. The third-order valence-electron chi connectivity index (χ3n) is 4.17. The van der Waals surface area contributed by atoms with Crippen LogP contribution in [0.2, 0.25) is 0 Å². The molecule has 2 rings (SSSR count). The largest absolute Gasteiger partial charge is 0.319 e. The molecule has 0 bridgehead atoms. The van der Waals surface area contributed by atoms with E-state index in [1.54, 1.807) is 0 Å². The van der Waals surface area contributed by atoms with Gasteiger partial charge in [0.2, 0.25) is 0 Å². The topological polar surface area (TPSA) is 15.3 Å². The van der Waals surface area contributed by atoms with E-state index in [1.165, 1.54) is 43.5 Å². The van der Waals surface area contributed by atoms with Gasteiger partial charge in [-0.1, -0.05) is 38.1 Å².